The molecule has 0 radical (unpaired) electrons. The van der Waals surface area contributed by atoms with Gasteiger partial charge in [0, 0.05) is 37.1 Å². The first kappa shape index (κ1) is 21.6. The summed E-state index contributed by atoms with van der Waals surface area (Å²) in [6.07, 6.45) is 9.21. The number of nitrogens with one attached hydrogen (secondary N) is 3. The lowest BCUT2D eigenvalue weighted by molar-refractivity contribution is 0.102. The highest BCUT2D eigenvalue weighted by Gasteiger charge is 2.20. The lowest BCUT2D eigenvalue weighted by Crippen LogP contribution is -2.36. The number of rotatable bonds is 8. The van der Waals surface area contributed by atoms with Gasteiger partial charge < -0.3 is 31.0 Å². The summed E-state index contributed by atoms with van der Waals surface area (Å²) in [5.74, 6) is -0.915. The molecule has 1 aliphatic rings. The predicted molar refractivity (Wildman–Crippen MR) is 113 cm³/mol. The molecule has 0 unspecified atom stereocenters. The molecule has 0 atom stereocenters. The number of hydrogen-bond acceptors (Lipinski definition) is 4. The van der Waals surface area contributed by atoms with Crippen molar-refractivity contribution < 1.29 is 18.7 Å². The number of ether oxygens (including phenoxy) is 1. The molecule has 1 saturated carbocycles. The summed E-state index contributed by atoms with van der Waals surface area (Å²) in [5.41, 5.74) is 5.78. The molecule has 0 spiro atoms. The van der Waals surface area contributed by atoms with E-state index < -0.39 is 17.8 Å². The van der Waals surface area contributed by atoms with Crippen molar-refractivity contribution in [1.82, 2.24) is 9.88 Å². The lowest BCUT2D eigenvalue weighted by atomic mass is 9.94. The van der Waals surface area contributed by atoms with Crippen molar-refractivity contribution >= 4 is 23.3 Å². The van der Waals surface area contributed by atoms with Gasteiger partial charge in [0.15, 0.2) is 5.75 Å². The van der Waals surface area contributed by atoms with Gasteiger partial charge in [-0.25, -0.2) is 9.18 Å². The Balaban J connectivity index is 1.75. The second-order valence-electron chi connectivity index (χ2n) is 7.49. The first-order valence-electron chi connectivity index (χ1n) is 10.1. The van der Waals surface area contributed by atoms with E-state index in [9.17, 15) is 14.0 Å². The molecular formula is C21H28FN5O3. The van der Waals surface area contributed by atoms with Gasteiger partial charge in [-0.1, -0.05) is 19.3 Å². The molecule has 1 fully saturated rings. The van der Waals surface area contributed by atoms with E-state index in [1.54, 1.807) is 12.3 Å². The quantitative estimate of drug-likeness (QED) is 0.526. The van der Waals surface area contributed by atoms with Gasteiger partial charge in [0.2, 0.25) is 0 Å². The van der Waals surface area contributed by atoms with Gasteiger partial charge in [-0.05, 0) is 26.0 Å². The summed E-state index contributed by atoms with van der Waals surface area (Å²) in [6.45, 7) is 0.961. The molecule has 30 heavy (non-hydrogen) atoms. The van der Waals surface area contributed by atoms with Crippen LogP contribution < -0.4 is 21.1 Å². The standard InChI is InChI=1S/C21H28FN5O3/c1-27(16-5-3-2-4-6-16)9-10-30-19-17(25-20(28)14-7-8-24-13-14)11-15(22)12-18(19)26-21(23)29/h7-8,11-13,16,24H,2-6,9-10H2,1H3,(H,25,28)(H3,23,26,29). The van der Waals surface area contributed by atoms with Crippen LogP contribution in [0.1, 0.15) is 42.5 Å². The fourth-order valence-electron chi connectivity index (χ4n) is 3.72. The average Bonchev–Trinajstić information content (AvgIpc) is 3.25. The fraction of sp³-hybridized carbons (Fsp3) is 0.429. The molecule has 1 heterocycles. The highest BCUT2D eigenvalue weighted by atomic mass is 19.1. The molecule has 2 aromatic rings. The van der Waals surface area contributed by atoms with Gasteiger partial charge in [-0.15, -0.1) is 0 Å². The number of carbonyl (C=O) groups is 2. The number of carbonyl (C=O) groups excluding carboxylic acids is 2. The van der Waals surface area contributed by atoms with E-state index in [-0.39, 0.29) is 17.1 Å². The van der Waals surface area contributed by atoms with Crippen LogP contribution in [0.4, 0.5) is 20.6 Å². The molecule has 0 saturated heterocycles. The number of nitrogens with two attached hydrogens (primary N) is 1. The zero-order valence-corrected chi connectivity index (χ0v) is 17.0. The summed E-state index contributed by atoms with van der Waals surface area (Å²) < 4.78 is 20.0. The van der Waals surface area contributed by atoms with Gasteiger partial charge in [0.05, 0.1) is 16.9 Å². The Bertz CT molecular complexity index is 866. The topological polar surface area (TPSA) is 112 Å². The van der Waals surface area contributed by atoms with Crippen LogP contribution in [0.15, 0.2) is 30.6 Å². The first-order chi connectivity index (χ1) is 14.4. The van der Waals surface area contributed by atoms with Crippen molar-refractivity contribution in [2.24, 2.45) is 5.73 Å². The molecule has 1 aromatic carbocycles. The number of urea groups is 1. The Labute approximate surface area is 175 Å². The molecule has 3 rings (SSSR count). The molecular weight excluding hydrogens is 389 g/mol. The maximum atomic E-state index is 14.1. The van der Waals surface area contributed by atoms with Crippen LogP contribution in [-0.2, 0) is 0 Å². The number of aromatic amines is 1. The van der Waals surface area contributed by atoms with Gasteiger partial charge in [0.25, 0.3) is 5.91 Å². The zero-order chi connectivity index (χ0) is 21.5. The maximum Gasteiger partial charge on any atom is 0.316 e. The van der Waals surface area contributed by atoms with Gasteiger partial charge >= 0.3 is 6.03 Å². The largest absolute Gasteiger partial charge is 0.488 e. The van der Waals surface area contributed by atoms with Crippen LogP contribution in [0.3, 0.4) is 0 Å². The zero-order valence-electron chi connectivity index (χ0n) is 17.0. The third-order valence-electron chi connectivity index (χ3n) is 5.31. The van der Waals surface area contributed by atoms with Gasteiger partial charge in [-0.3, -0.25) is 4.79 Å². The molecule has 9 heteroatoms. The highest BCUT2D eigenvalue weighted by Crippen LogP contribution is 2.35. The van der Waals surface area contributed by atoms with E-state index >= 15 is 0 Å². The Morgan fingerprint density at radius 3 is 2.57 bits per heavy atom. The molecule has 162 valence electrons. The summed E-state index contributed by atoms with van der Waals surface area (Å²) in [4.78, 5) is 28.9. The minimum absolute atomic E-state index is 0.0622. The lowest BCUT2D eigenvalue weighted by Gasteiger charge is -2.31. The van der Waals surface area contributed by atoms with E-state index in [2.05, 4.69) is 27.6 Å². The maximum absolute atomic E-state index is 14.1. The van der Waals surface area contributed by atoms with Gasteiger partial charge in [0.1, 0.15) is 12.4 Å². The summed E-state index contributed by atoms with van der Waals surface area (Å²) >= 11 is 0. The van der Waals surface area contributed by atoms with Crippen LogP contribution in [0.25, 0.3) is 0 Å². The van der Waals surface area contributed by atoms with E-state index in [0.29, 0.717) is 24.8 Å². The van der Waals surface area contributed by atoms with Crippen molar-refractivity contribution in [2.45, 2.75) is 38.1 Å². The predicted octanol–water partition coefficient (Wildman–Crippen LogP) is 3.54. The van der Waals surface area contributed by atoms with E-state index in [1.807, 2.05) is 0 Å². The minimum Gasteiger partial charge on any atom is -0.488 e. The van der Waals surface area contributed by atoms with Crippen LogP contribution in [-0.4, -0.2) is 48.1 Å². The number of likely N-dealkylation sites (N-methyl/N-ethyl adjacent to an activating group) is 1. The number of benzene rings is 1. The monoisotopic (exact) mass is 417 g/mol. The summed E-state index contributed by atoms with van der Waals surface area (Å²) in [6, 6.07) is 3.52. The van der Waals surface area contributed by atoms with Gasteiger partial charge in [-0.2, -0.15) is 0 Å². The first-order valence-corrected chi connectivity index (χ1v) is 10.1. The molecule has 1 aliphatic carbocycles. The molecule has 1 aromatic heterocycles. The van der Waals surface area contributed by atoms with Crippen molar-refractivity contribution in [3.05, 3.63) is 42.0 Å². The van der Waals surface area contributed by atoms with Crippen molar-refractivity contribution in [3.8, 4) is 5.75 Å². The fourth-order valence-corrected chi connectivity index (χ4v) is 3.72. The van der Waals surface area contributed by atoms with Crippen LogP contribution in [0.5, 0.6) is 5.75 Å². The summed E-state index contributed by atoms with van der Waals surface area (Å²) in [7, 11) is 2.06. The number of aromatic nitrogens is 1. The number of nitrogens with zero attached hydrogens (tertiary/aromatic N) is 1. The molecule has 8 nitrogen and oxygen atoms in total. The van der Waals surface area contributed by atoms with Crippen LogP contribution >= 0.6 is 0 Å². The number of H-pyrrole nitrogens is 1. The normalized spacial score (nSPS) is 14.5. The second kappa shape index (κ2) is 10.1. The Kier molecular flexibility index (Phi) is 7.29. The SMILES string of the molecule is CN(CCOc1c(NC(N)=O)cc(F)cc1NC(=O)c1cc[nH]c1)C1CCCCC1. The van der Waals surface area contributed by atoms with E-state index in [4.69, 9.17) is 10.5 Å². The Morgan fingerprint density at radius 2 is 1.93 bits per heavy atom. The highest BCUT2D eigenvalue weighted by molar-refractivity contribution is 6.06. The minimum atomic E-state index is -0.854. The van der Waals surface area contributed by atoms with E-state index in [1.165, 1.54) is 38.3 Å². The number of amides is 3. The van der Waals surface area contributed by atoms with E-state index in [0.717, 1.165) is 12.1 Å². The smallest absolute Gasteiger partial charge is 0.316 e. The Hall–Kier alpha value is -3.07. The number of anilines is 2. The molecule has 5 N–H and O–H groups in total. The molecule has 0 aliphatic heterocycles. The number of halogens is 1. The third kappa shape index (κ3) is 5.73. The van der Waals surface area contributed by atoms with Crippen molar-refractivity contribution in [1.29, 1.82) is 0 Å². The molecule has 3 amide bonds. The second-order valence-corrected chi connectivity index (χ2v) is 7.49. The van der Waals surface area contributed by atoms with Crippen molar-refractivity contribution in [3.63, 3.8) is 0 Å². The Morgan fingerprint density at radius 1 is 1.23 bits per heavy atom. The number of primary amides is 1. The average molecular weight is 417 g/mol. The summed E-state index contributed by atoms with van der Waals surface area (Å²) in [5, 5.41) is 5.01. The number of hydrogen-bond donors (Lipinski definition) is 4. The van der Waals surface area contributed by atoms with Crippen LogP contribution in [0, 0.1) is 5.82 Å². The van der Waals surface area contributed by atoms with Crippen LogP contribution in [0.2, 0.25) is 0 Å². The molecule has 0 bridgehead atoms. The van der Waals surface area contributed by atoms with Crippen molar-refractivity contribution in [2.75, 3.05) is 30.8 Å². The third-order valence-corrected chi connectivity index (χ3v) is 5.31.